The summed E-state index contributed by atoms with van der Waals surface area (Å²) in [6.07, 6.45) is 0.854. The van der Waals surface area contributed by atoms with Crippen LogP contribution >= 0.6 is 12.2 Å². The summed E-state index contributed by atoms with van der Waals surface area (Å²) >= 11 is 4.71. The van der Waals surface area contributed by atoms with Gasteiger partial charge in [-0.1, -0.05) is 44.2 Å². The van der Waals surface area contributed by atoms with E-state index in [9.17, 15) is 0 Å². The average molecular weight is 249 g/mol. The molecule has 0 saturated heterocycles. The summed E-state index contributed by atoms with van der Waals surface area (Å²) < 4.78 is 0. The largest absolute Gasteiger partial charge is 0.375 e. The smallest absolute Gasteiger partial charge is 0.184 e. The van der Waals surface area contributed by atoms with Crippen LogP contribution in [0.25, 0.3) is 0 Å². The molecule has 0 amide bonds. The third-order valence-corrected chi connectivity index (χ3v) is 2.70. The van der Waals surface area contributed by atoms with Crippen molar-refractivity contribution in [2.24, 2.45) is 10.8 Å². The number of nitrogens with two attached hydrogens (primary N) is 1. The minimum atomic E-state index is 0.0484. The van der Waals surface area contributed by atoms with Crippen LogP contribution in [0.15, 0.2) is 35.4 Å². The topological polar surface area (TPSA) is 50.4 Å². The zero-order chi connectivity index (χ0) is 12.9. The molecule has 0 aliphatic heterocycles. The Balaban J connectivity index is 2.73. The highest BCUT2D eigenvalue weighted by Gasteiger charge is 2.21. The molecule has 0 spiro atoms. The first-order valence-corrected chi connectivity index (χ1v) is 5.97. The van der Waals surface area contributed by atoms with Crippen LogP contribution in [0.4, 0.5) is 0 Å². The van der Waals surface area contributed by atoms with Crippen LogP contribution in [0.5, 0.6) is 0 Å². The van der Waals surface area contributed by atoms with Gasteiger partial charge in [0.2, 0.25) is 0 Å². The summed E-state index contributed by atoms with van der Waals surface area (Å²) in [5, 5.41) is 4.33. The lowest BCUT2D eigenvalue weighted by Gasteiger charge is -2.25. The minimum Gasteiger partial charge on any atom is -0.375 e. The summed E-state index contributed by atoms with van der Waals surface area (Å²) in [6.45, 7) is 6.36. The van der Waals surface area contributed by atoms with Gasteiger partial charge in [0.15, 0.2) is 5.11 Å². The lowest BCUT2D eigenvalue weighted by atomic mass is 9.80. The van der Waals surface area contributed by atoms with Gasteiger partial charge in [0.05, 0.1) is 0 Å². The molecule has 0 atom stereocenters. The molecule has 92 valence electrons. The van der Waals surface area contributed by atoms with E-state index in [2.05, 4.69) is 48.6 Å². The lowest BCUT2D eigenvalue weighted by molar-refractivity contribution is 0.547. The van der Waals surface area contributed by atoms with Crippen LogP contribution in [0, 0.1) is 0 Å². The van der Waals surface area contributed by atoms with Crippen LogP contribution < -0.4 is 11.2 Å². The van der Waals surface area contributed by atoms with E-state index in [1.165, 1.54) is 5.56 Å². The Labute approximate surface area is 108 Å². The number of thiocarbonyl (C=S) groups is 1. The fourth-order valence-corrected chi connectivity index (χ4v) is 1.87. The molecule has 0 bridgehead atoms. The van der Waals surface area contributed by atoms with Crippen LogP contribution in [-0.2, 0) is 5.41 Å². The van der Waals surface area contributed by atoms with Gasteiger partial charge in [-0.15, -0.1) is 0 Å². The number of hydrogen-bond donors (Lipinski definition) is 2. The zero-order valence-corrected chi connectivity index (χ0v) is 11.3. The molecular weight excluding hydrogens is 230 g/mol. The summed E-state index contributed by atoms with van der Waals surface area (Å²) in [7, 11) is 0. The van der Waals surface area contributed by atoms with Gasteiger partial charge in [0.25, 0.3) is 0 Å². The van der Waals surface area contributed by atoms with Crippen LogP contribution in [-0.4, -0.2) is 10.8 Å². The highest BCUT2D eigenvalue weighted by Crippen LogP contribution is 2.26. The lowest BCUT2D eigenvalue weighted by Crippen LogP contribution is -2.27. The van der Waals surface area contributed by atoms with Crippen molar-refractivity contribution in [1.82, 2.24) is 5.43 Å². The number of nitrogens with zero attached hydrogens (tertiary/aromatic N) is 1. The highest BCUT2D eigenvalue weighted by atomic mass is 32.1. The number of nitrogens with one attached hydrogen (secondary N) is 1. The molecule has 1 rings (SSSR count). The molecule has 0 aromatic heterocycles. The second-order valence-electron chi connectivity index (χ2n) is 4.75. The molecule has 1 aromatic carbocycles. The maximum atomic E-state index is 5.33. The monoisotopic (exact) mass is 249 g/mol. The highest BCUT2D eigenvalue weighted by molar-refractivity contribution is 7.80. The Bertz CT molecular complexity index is 410. The number of hydrazone groups is 1. The van der Waals surface area contributed by atoms with E-state index in [1.807, 2.05) is 13.0 Å². The van der Waals surface area contributed by atoms with Crippen LogP contribution in [0.2, 0.25) is 0 Å². The van der Waals surface area contributed by atoms with E-state index >= 15 is 0 Å². The van der Waals surface area contributed by atoms with Crippen molar-refractivity contribution in [2.45, 2.75) is 32.6 Å². The molecular formula is C13H19N3S. The molecule has 0 fully saturated rings. The summed E-state index contributed by atoms with van der Waals surface area (Å²) in [6, 6.07) is 10.4. The predicted octanol–water partition coefficient (Wildman–Crippen LogP) is 2.56. The summed E-state index contributed by atoms with van der Waals surface area (Å²) in [4.78, 5) is 0. The van der Waals surface area contributed by atoms with Gasteiger partial charge in [-0.05, 0) is 36.5 Å². The fourth-order valence-electron chi connectivity index (χ4n) is 1.82. The quantitative estimate of drug-likeness (QED) is 0.490. The van der Waals surface area contributed by atoms with Crippen molar-refractivity contribution in [3.63, 3.8) is 0 Å². The van der Waals surface area contributed by atoms with E-state index in [4.69, 9.17) is 18.0 Å². The van der Waals surface area contributed by atoms with Crippen molar-refractivity contribution < 1.29 is 0 Å². The Morgan fingerprint density at radius 1 is 1.35 bits per heavy atom. The second kappa shape index (κ2) is 5.77. The molecule has 0 radical (unpaired) electrons. The normalized spacial score (nSPS) is 12.3. The Morgan fingerprint density at radius 2 is 1.94 bits per heavy atom. The van der Waals surface area contributed by atoms with Gasteiger partial charge < -0.3 is 5.73 Å². The average Bonchev–Trinajstić information content (AvgIpc) is 2.27. The van der Waals surface area contributed by atoms with Crippen molar-refractivity contribution in [1.29, 1.82) is 0 Å². The van der Waals surface area contributed by atoms with E-state index in [-0.39, 0.29) is 10.5 Å². The molecule has 0 saturated carbocycles. The molecule has 0 aliphatic carbocycles. The first-order valence-electron chi connectivity index (χ1n) is 5.56. The van der Waals surface area contributed by atoms with Crippen molar-refractivity contribution >= 4 is 23.0 Å². The molecule has 4 heteroatoms. The van der Waals surface area contributed by atoms with Crippen LogP contribution in [0.3, 0.4) is 0 Å². The van der Waals surface area contributed by atoms with E-state index in [1.54, 1.807) is 0 Å². The maximum Gasteiger partial charge on any atom is 0.184 e. The molecule has 0 unspecified atom stereocenters. The summed E-state index contributed by atoms with van der Waals surface area (Å²) in [5.74, 6) is 0. The Hall–Kier alpha value is -1.42. The van der Waals surface area contributed by atoms with Gasteiger partial charge >= 0.3 is 0 Å². The molecule has 0 aliphatic rings. The molecule has 0 heterocycles. The van der Waals surface area contributed by atoms with Gasteiger partial charge in [-0.25, -0.2) is 0 Å². The van der Waals surface area contributed by atoms with E-state index in [0.29, 0.717) is 0 Å². The third kappa shape index (κ3) is 4.53. The fraction of sp³-hybridized carbons (Fsp3) is 0.385. The predicted molar refractivity (Wildman–Crippen MR) is 77.1 cm³/mol. The number of benzene rings is 1. The number of hydrogen-bond acceptors (Lipinski definition) is 2. The van der Waals surface area contributed by atoms with E-state index in [0.717, 1.165) is 12.1 Å². The first-order chi connectivity index (χ1) is 7.92. The minimum absolute atomic E-state index is 0.0484. The zero-order valence-electron chi connectivity index (χ0n) is 10.5. The molecule has 3 nitrogen and oxygen atoms in total. The van der Waals surface area contributed by atoms with E-state index < -0.39 is 0 Å². The Kier molecular flexibility index (Phi) is 4.63. The standard InChI is InChI=1S/C13H19N3S/c1-10(15-16-12(14)17)9-13(2,3)11-7-5-4-6-8-11/h4-8H,9H2,1-3H3,(H3,14,16,17)/b15-10-. The SMILES string of the molecule is C/C(CC(C)(C)c1ccccc1)=N/NC(N)=S. The summed E-state index contributed by atoms with van der Waals surface area (Å²) in [5.41, 5.74) is 10.3. The Morgan fingerprint density at radius 3 is 2.47 bits per heavy atom. The van der Waals surface area contributed by atoms with Crippen molar-refractivity contribution in [2.75, 3.05) is 0 Å². The van der Waals surface area contributed by atoms with Crippen molar-refractivity contribution in [3.8, 4) is 0 Å². The third-order valence-electron chi connectivity index (χ3n) is 2.61. The first kappa shape index (κ1) is 13.6. The molecule has 1 aromatic rings. The van der Waals surface area contributed by atoms with Crippen LogP contribution in [0.1, 0.15) is 32.8 Å². The van der Waals surface area contributed by atoms with Gasteiger partial charge in [-0.3, -0.25) is 5.43 Å². The molecule has 17 heavy (non-hydrogen) atoms. The molecule has 3 N–H and O–H groups in total. The van der Waals surface area contributed by atoms with Gasteiger partial charge in [0, 0.05) is 5.71 Å². The van der Waals surface area contributed by atoms with Gasteiger partial charge in [-0.2, -0.15) is 5.10 Å². The van der Waals surface area contributed by atoms with Gasteiger partial charge in [0.1, 0.15) is 0 Å². The second-order valence-corrected chi connectivity index (χ2v) is 5.19. The number of rotatable bonds is 4. The van der Waals surface area contributed by atoms with Crippen molar-refractivity contribution in [3.05, 3.63) is 35.9 Å². The maximum absolute atomic E-state index is 5.33.